The lowest BCUT2D eigenvalue weighted by molar-refractivity contribution is -0.117. The Morgan fingerprint density at radius 2 is 2.67 bits per heavy atom. The summed E-state index contributed by atoms with van der Waals surface area (Å²) in [5.41, 5.74) is 4.87. The molecule has 0 saturated carbocycles. The molecular formula is C5H8N2O2. The molecule has 4 nitrogen and oxygen atoms in total. The molecule has 0 aromatic heterocycles. The second-order valence-electron chi connectivity index (χ2n) is 1.77. The van der Waals surface area contributed by atoms with E-state index < -0.39 is 5.91 Å². The Hall–Kier alpha value is -1.06. The van der Waals surface area contributed by atoms with Crippen molar-refractivity contribution in [2.75, 3.05) is 13.2 Å². The summed E-state index contributed by atoms with van der Waals surface area (Å²) in [6.07, 6.45) is 0.139. The van der Waals surface area contributed by atoms with Crippen molar-refractivity contribution >= 4 is 11.8 Å². The van der Waals surface area contributed by atoms with Crippen LogP contribution in [0.15, 0.2) is 4.99 Å². The second-order valence-corrected chi connectivity index (χ2v) is 1.77. The topological polar surface area (TPSA) is 64.7 Å². The first-order valence-electron chi connectivity index (χ1n) is 2.73. The van der Waals surface area contributed by atoms with E-state index in [9.17, 15) is 4.79 Å². The van der Waals surface area contributed by atoms with Crippen LogP contribution >= 0.6 is 0 Å². The minimum absolute atomic E-state index is 0.139. The molecule has 0 radical (unpaired) electrons. The molecule has 1 rings (SSSR count). The number of hydrogen-bond acceptors (Lipinski definition) is 3. The molecule has 1 aliphatic rings. The van der Waals surface area contributed by atoms with E-state index in [-0.39, 0.29) is 6.42 Å². The summed E-state index contributed by atoms with van der Waals surface area (Å²) in [7, 11) is 0. The maximum absolute atomic E-state index is 10.2. The van der Waals surface area contributed by atoms with Crippen molar-refractivity contribution in [2.24, 2.45) is 10.7 Å². The van der Waals surface area contributed by atoms with Crippen LogP contribution in [0.25, 0.3) is 0 Å². The van der Waals surface area contributed by atoms with Gasteiger partial charge in [-0.25, -0.2) is 0 Å². The first-order valence-corrected chi connectivity index (χ1v) is 2.73. The first-order chi connectivity index (χ1) is 4.29. The van der Waals surface area contributed by atoms with Crippen LogP contribution in [0.4, 0.5) is 0 Å². The second kappa shape index (κ2) is 2.48. The number of amides is 1. The number of nitrogens with zero attached hydrogens (tertiary/aromatic N) is 1. The van der Waals surface area contributed by atoms with Crippen LogP contribution in [0.2, 0.25) is 0 Å². The summed E-state index contributed by atoms with van der Waals surface area (Å²) in [6.45, 7) is 1.24. The van der Waals surface area contributed by atoms with Crippen molar-refractivity contribution < 1.29 is 9.53 Å². The van der Waals surface area contributed by atoms with Crippen LogP contribution in [-0.4, -0.2) is 25.0 Å². The zero-order valence-corrected chi connectivity index (χ0v) is 4.96. The van der Waals surface area contributed by atoms with Gasteiger partial charge in [0, 0.05) is 0 Å². The maximum atomic E-state index is 10.2. The Balaban J connectivity index is 2.35. The fourth-order valence-electron chi connectivity index (χ4n) is 0.635. The van der Waals surface area contributed by atoms with Gasteiger partial charge in [0.2, 0.25) is 5.91 Å². The number of primary amides is 1. The van der Waals surface area contributed by atoms with Gasteiger partial charge < -0.3 is 10.5 Å². The van der Waals surface area contributed by atoms with E-state index in [1.165, 1.54) is 0 Å². The summed E-state index contributed by atoms with van der Waals surface area (Å²) in [4.78, 5) is 14.1. The highest BCUT2D eigenvalue weighted by atomic mass is 16.5. The third-order valence-electron chi connectivity index (χ3n) is 0.974. The summed E-state index contributed by atoms with van der Waals surface area (Å²) in [5, 5.41) is 0. The van der Waals surface area contributed by atoms with Gasteiger partial charge in [-0.1, -0.05) is 0 Å². The molecule has 1 amide bonds. The molecular weight excluding hydrogens is 120 g/mol. The lowest BCUT2D eigenvalue weighted by Gasteiger charge is -1.94. The van der Waals surface area contributed by atoms with Crippen molar-refractivity contribution in [1.29, 1.82) is 0 Å². The number of nitrogens with two attached hydrogens (primary N) is 1. The zero-order valence-electron chi connectivity index (χ0n) is 4.96. The minimum atomic E-state index is -0.393. The predicted octanol–water partition coefficient (Wildman–Crippen LogP) is -0.710. The first kappa shape index (κ1) is 6.07. The largest absolute Gasteiger partial charge is 0.479 e. The van der Waals surface area contributed by atoms with E-state index in [4.69, 9.17) is 10.5 Å². The van der Waals surface area contributed by atoms with Gasteiger partial charge in [0.25, 0.3) is 0 Å². The van der Waals surface area contributed by atoms with Gasteiger partial charge in [0.15, 0.2) is 5.90 Å². The number of aliphatic imine (C=N–C) groups is 1. The van der Waals surface area contributed by atoms with E-state index in [0.717, 1.165) is 0 Å². The Kier molecular flexibility index (Phi) is 1.67. The molecule has 0 bridgehead atoms. The molecule has 0 aromatic carbocycles. The van der Waals surface area contributed by atoms with E-state index in [1.54, 1.807) is 0 Å². The normalized spacial score (nSPS) is 16.7. The predicted molar refractivity (Wildman–Crippen MR) is 32.1 cm³/mol. The van der Waals surface area contributed by atoms with Crippen LogP contribution in [0.5, 0.6) is 0 Å². The highest BCUT2D eigenvalue weighted by molar-refractivity contribution is 5.96. The Morgan fingerprint density at radius 3 is 3.11 bits per heavy atom. The van der Waals surface area contributed by atoms with Gasteiger partial charge in [-0.2, -0.15) is 0 Å². The van der Waals surface area contributed by atoms with Crippen molar-refractivity contribution in [2.45, 2.75) is 6.42 Å². The van der Waals surface area contributed by atoms with Gasteiger partial charge in [-0.05, 0) is 0 Å². The van der Waals surface area contributed by atoms with E-state index in [1.807, 2.05) is 0 Å². The Labute approximate surface area is 52.7 Å². The Bertz CT molecular complexity index is 153. The van der Waals surface area contributed by atoms with E-state index >= 15 is 0 Å². The molecule has 0 atom stereocenters. The monoisotopic (exact) mass is 128 g/mol. The van der Waals surface area contributed by atoms with Crippen molar-refractivity contribution in [3.8, 4) is 0 Å². The van der Waals surface area contributed by atoms with Crippen molar-refractivity contribution in [1.82, 2.24) is 0 Å². The highest BCUT2D eigenvalue weighted by Gasteiger charge is 2.08. The standard InChI is InChI=1S/C5H8N2O2/c6-4(8)3-5-7-1-2-9-5/h1-3H2,(H2,6,8). The summed E-state index contributed by atoms with van der Waals surface area (Å²) in [6, 6.07) is 0. The number of rotatable bonds is 2. The molecule has 4 heteroatoms. The third kappa shape index (κ3) is 1.71. The molecule has 0 saturated heterocycles. The van der Waals surface area contributed by atoms with Gasteiger partial charge in [-0.15, -0.1) is 0 Å². The van der Waals surface area contributed by atoms with Crippen LogP contribution in [0.3, 0.4) is 0 Å². The Morgan fingerprint density at radius 1 is 1.89 bits per heavy atom. The summed E-state index contributed by atoms with van der Waals surface area (Å²) < 4.78 is 4.91. The molecule has 9 heavy (non-hydrogen) atoms. The molecule has 1 aliphatic heterocycles. The van der Waals surface area contributed by atoms with Crippen LogP contribution in [0.1, 0.15) is 6.42 Å². The van der Waals surface area contributed by atoms with Gasteiger partial charge in [-0.3, -0.25) is 9.79 Å². The van der Waals surface area contributed by atoms with E-state index in [0.29, 0.717) is 19.0 Å². The summed E-state index contributed by atoms with van der Waals surface area (Å²) >= 11 is 0. The molecule has 0 fully saturated rings. The number of carbonyl (C=O) groups is 1. The number of hydrogen-bond donors (Lipinski definition) is 1. The molecule has 0 aliphatic carbocycles. The smallest absolute Gasteiger partial charge is 0.226 e. The SMILES string of the molecule is NC(=O)CC1=NCCO1. The molecule has 0 spiro atoms. The van der Waals surface area contributed by atoms with Crippen LogP contribution < -0.4 is 5.73 Å². The fraction of sp³-hybridized carbons (Fsp3) is 0.600. The molecule has 0 aromatic rings. The molecule has 1 heterocycles. The van der Waals surface area contributed by atoms with Gasteiger partial charge in [0.1, 0.15) is 13.0 Å². The zero-order chi connectivity index (χ0) is 6.69. The maximum Gasteiger partial charge on any atom is 0.226 e. The van der Waals surface area contributed by atoms with Gasteiger partial charge in [0.05, 0.1) is 6.54 Å². The number of carbonyl (C=O) groups excluding carboxylic acids is 1. The van der Waals surface area contributed by atoms with Crippen LogP contribution in [0, 0.1) is 0 Å². The average molecular weight is 128 g/mol. The highest BCUT2D eigenvalue weighted by Crippen LogP contribution is 1.96. The quantitative estimate of drug-likeness (QED) is 0.534. The molecule has 50 valence electrons. The van der Waals surface area contributed by atoms with Crippen molar-refractivity contribution in [3.63, 3.8) is 0 Å². The molecule has 0 unspecified atom stereocenters. The van der Waals surface area contributed by atoms with E-state index in [2.05, 4.69) is 4.99 Å². The lowest BCUT2D eigenvalue weighted by atomic mass is 10.4. The minimum Gasteiger partial charge on any atom is -0.479 e. The molecule has 2 N–H and O–H groups in total. The van der Waals surface area contributed by atoms with Crippen LogP contribution in [-0.2, 0) is 9.53 Å². The number of ether oxygens (including phenoxy) is 1. The van der Waals surface area contributed by atoms with Gasteiger partial charge >= 0.3 is 0 Å². The fourth-order valence-corrected chi connectivity index (χ4v) is 0.635. The third-order valence-corrected chi connectivity index (χ3v) is 0.974. The lowest BCUT2D eigenvalue weighted by Crippen LogP contribution is -2.16. The van der Waals surface area contributed by atoms with Crippen molar-refractivity contribution in [3.05, 3.63) is 0 Å². The average Bonchev–Trinajstić information content (AvgIpc) is 2.15. The summed E-state index contributed by atoms with van der Waals surface area (Å²) in [5.74, 6) is 0.0816.